The molecule has 10 heteroatoms. The minimum Gasteiger partial charge on any atom is -0.390 e. The van der Waals surface area contributed by atoms with E-state index in [0.717, 1.165) is 57.8 Å². The van der Waals surface area contributed by atoms with Crippen LogP contribution in [0, 0.1) is 0 Å². The topological polar surface area (TPSA) is 125 Å². The number of amides is 1. The molecule has 0 aromatic carbocycles. The molecule has 0 aromatic rings. The number of nitrogens with one attached hydrogen (secondary N) is 1. The Morgan fingerprint density at radius 1 is 0.660 bits per heavy atom. The monoisotopic (exact) mass is 774 g/mol. The fourth-order valence-corrected chi connectivity index (χ4v) is 6.97. The summed E-state index contributed by atoms with van der Waals surface area (Å²) in [5.41, 5.74) is 0. The fourth-order valence-electron chi connectivity index (χ4n) is 6.23. The zero-order chi connectivity index (χ0) is 39.5. The lowest BCUT2D eigenvalue weighted by Gasteiger charge is -2.28. The van der Waals surface area contributed by atoms with Gasteiger partial charge in [-0.15, -0.1) is 0 Å². The molecular weight excluding hydrogens is 687 g/mol. The number of carbonyl (C=O) groups excluding carboxylic acids is 1. The molecule has 0 rings (SSSR count). The van der Waals surface area contributed by atoms with Crippen molar-refractivity contribution in [3.63, 3.8) is 0 Å². The van der Waals surface area contributed by atoms with Crippen LogP contribution in [-0.4, -0.2) is 84.6 Å². The van der Waals surface area contributed by atoms with Crippen molar-refractivity contribution in [3.8, 4) is 0 Å². The molecule has 0 aliphatic heterocycles. The van der Waals surface area contributed by atoms with Crippen LogP contribution in [0.25, 0.3) is 0 Å². The van der Waals surface area contributed by atoms with E-state index in [4.69, 9.17) is 9.05 Å². The molecule has 53 heavy (non-hydrogen) atoms. The molecule has 314 valence electrons. The van der Waals surface area contributed by atoms with Crippen molar-refractivity contribution in [2.75, 3.05) is 40.9 Å². The number of phosphoric acid groups is 1. The van der Waals surface area contributed by atoms with E-state index in [1.807, 2.05) is 21.1 Å². The van der Waals surface area contributed by atoms with E-state index >= 15 is 0 Å². The predicted octanol–water partition coefficient (Wildman–Crippen LogP) is 10.7. The Labute approximate surface area is 327 Å². The summed E-state index contributed by atoms with van der Waals surface area (Å²) in [5.74, 6) is -0.267. The van der Waals surface area contributed by atoms with Crippen LogP contribution >= 0.6 is 7.82 Å². The number of hydrogen-bond acceptors (Lipinski definition) is 6. The van der Waals surface area contributed by atoms with Gasteiger partial charge in [-0.1, -0.05) is 160 Å². The number of phosphoric ester groups is 1. The lowest BCUT2D eigenvalue weighted by atomic mass is 9.99. The van der Waals surface area contributed by atoms with Gasteiger partial charge in [0.15, 0.2) is 0 Å². The van der Waals surface area contributed by atoms with E-state index in [0.29, 0.717) is 17.4 Å². The van der Waals surface area contributed by atoms with Gasteiger partial charge in [0.05, 0.1) is 39.9 Å². The highest BCUT2D eigenvalue weighted by Gasteiger charge is 2.31. The lowest BCUT2D eigenvalue weighted by Crippen LogP contribution is -2.51. The van der Waals surface area contributed by atoms with Crippen LogP contribution in [0.1, 0.15) is 187 Å². The summed E-state index contributed by atoms with van der Waals surface area (Å²) < 4.78 is 23.5. The van der Waals surface area contributed by atoms with Crippen molar-refractivity contribution in [2.45, 2.75) is 205 Å². The zero-order valence-electron chi connectivity index (χ0n) is 35.1. The number of unbranched alkanes of at least 4 members (excludes halogenated alkanes) is 21. The second-order valence-corrected chi connectivity index (χ2v) is 17.7. The molecule has 4 atom stereocenters. The Kier molecular flexibility index (Phi) is 34.7. The predicted molar refractivity (Wildman–Crippen MR) is 223 cm³/mol. The maximum atomic E-state index is 12.9. The number of likely N-dealkylation sites (N-methyl/N-ethyl adjacent to an activating group) is 1. The Morgan fingerprint density at radius 2 is 1.11 bits per heavy atom. The fraction of sp³-hybridized carbons (Fsp3) is 0.884. The minimum atomic E-state index is -4.41. The first-order valence-electron chi connectivity index (χ1n) is 21.8. The van der Waals surface area contributed by atoms with Crippen LogP contribution in [0.5, 0.6) is 0 Å². The Balaban J connectivity index is 4.52. The highest BCUT2D eigenvalue weighted by Crippen LogP contribution is 2.43. The Morgan fingerprint density at radius 3 is 1.64 bits per heavy atom. The summed E-state index contributed by atoms with van der Waals surface area (Å²) in [5, 5.41) is 24.6. The number of nitrogens with zero attached hydrogens (tertiary/aromatic N) is 1. The second kappa shape index (κ2) is 35.4. The normalized spacial score (nSPS) is 15.2. The minimum absolute atomic E-state index is 0.0205. The van der Waals surface area contributed by atoms with E-state index in [1.54, 1.807) is 0 Å². The van der Waals surface area contributed by atoms with Crippen LogP contribution in [0.4, 0.5) is 0 Å². The molecule has 0 aliphatic carbocycles. The molecule has 1 amide bonds. The first kappa shape index (κ1) is 51.9. The third kappa shape index (κ3) is 36.3. The number of allylic oxidation sites excluding steroid dienone is 4. The Hall–Kier alpha value is -1.06. The van der Waals surface area contributed by atoms with Crippen molar-refractivity contribution >= 4 is 13.7 Å². The van der Waals surface area contributed by atoms with E-state index in [1.165, 1.54) is 103 Å². The summed E-state index contributed by atoms with van der Waals surface area (Å²) >= 11 is 0. The van der Waals surface area contributed by atoms with Gasteiger partial charge in [0.25, 0.3) is 0 Å². The molecule has 0 heterocycles. The lowest BCUT2D eigenvalue weighted by molar-refractivity contribution is -0.870. The van der Waals surface area contributed by atoms with Gasteiger partial charge in [0.2, 0.25) is 5.91 Å². The molecule has 0 bridgehead atoms. The third-order valence-electron chi connectivity index (χ3n) is 9.79. The molecule has 0 aliphatic rings. The van der Waals surface area contributed by atoms with Crippen molar-refractivity contribution in [1.82, 2.24) is 5.32 Å². The van der Waals surface area contributed by atoms with E-state index < -0.39 is 32.7 Å². The number of aliphatic hydroxyl groups is 2. The van der Waals surface area contributed by atoms with Gasteiger partial charge in [-0.2, -0.15) is 0 Å². The van der Waals surface area contributed by atoms with Crippen molar-refractivity contribution in [3.05, 3.63) is 24.3 Å². The van der Waals surface area contributed by atoms with E-state index in [9.17, 15) is 24.5 Å². The van der Waals surface area contributed by atoms with Gasteiger partial charge in [-0.3, -0.25) is 13.8 Å². The number of quaternary nitrogens is 1. The maximum absolute atomic E-state index is 12.9. The number of aliphatic hydroxyl groups excluding tert-OH is 2. The third-order valence-corrected chi connectivity index (χ3v) is 10.8. The molecule has 0 aromatic heterocycles. The zero-order valence-corrected chi connectivity index (χ0v) is 36.0. The molecule has 0 radical (unpaired) electrons. The Bertz CT molecular complexity index is 940. The first-order valence-corrected chi connectivity index (χ1v) is 23.3. The maximum Gasteiger partial charge on any atom is 0.472 e. The molecule has 0 spiro atoms. The molecule has 0 fully saturated rings. The smallest absolute Gasteiger partial charge is 0.390 e. The summed E-state index contributed by atoms with van der Waals surface area (Å²) in [4.78, 5) is 23.1. The highest BCUT2D eigenvalue weighted by molar-refractivity contribution is 7.47. The molecule has 4 unspecified atom stereocenters. The molecule has 0 saturated heterocycles. The van der Waals surface area contributed by atoms with Crippen molar-refractivity contribution in [1.29, 1.82) is 0 Å². The summed E-state index contributed by atoms with van der Waals surface area (Å²) in [6, 6.07) is -1.03. The van der Waals surface area contributed by atoms with Crippen LogP contribution in [0.3, 0.4) is 0 Å². The molecular formula is C43H86N2O7P+. The van der Waals surface area contributed by atoms with Crippen molar-refractivity contribution < 1.29 is 38.0 Å². The SMILES string of the molecule is CCCCC/C=C\C/C=C\CCCCCCCCCC(=O)NC(COP(=O)(O)OCC[N+](C)(C)C)C(O)C(O)CCCCCCCCCCCCCC. The van der Waals surface area contributed by atoms with Crippen molar-refractivity contribution in [2.24, 2.45) is 0 Å². The van der Waals surface area contributed by atoms with Crippen LogP contribution in [0.15, 0.2) is 24.3 Å². The van der Waals surface area contributed by atoms with Crippen LogP contribution in [0.2, 0.25) is 0 Å². The van der Waals surface area contributed by atoms with Gasteiger partial charge >= 0.3 is 7.82 Å². The van der Waals surface area contributed by atoms with E-state index in [2.05, 4.69) is 43.5 Å². The highest BCUT2D eigenvalue weighted by atomic mass is 31.2. The number of carbonyl (C=O) groups is 1. The molecule has 9 nitrogen and oxygen atoms in total. The van der Waals surface area contributed by atoms with E-state index in [-0.39, 0.29) is 18.9 Å². The number of rotatable bonds is 39. The number of hydrogen-bond donors (Lipinski definition) is 4. The van der Waals surface area contributed by atoms with Gasteiger partial charge in [-0.05, 0) is 44.9 Å². The standard InChI is InChI=1S/C43H85N2O7P/c1-6-8-10-12-14-16-18-20-21-22-23-24-26-28-30-32-34-36-42(47)44-40(39-52-53(49,50)51-38-37-45(3,4)5)43(48)41(46)35-33-31-29-27-25-19-17-15-13-11-9-7-2/h14,16,20-21,40-41,43,46,48H,6-13,15,17-19,22-39H2,1-5H3,(H-,44,47,49,50)/p+1/b16-14-,21-20-. The van der Waals surface area contributed by atoms with Gasteiger partial charge in [0.1, 0.15) is 19.3 Å². The molecule has 0 saturated carbocycles. The quantitative estimate of drug-likeness (QED) is 0.0212. The van der Waals surface area contributed by atoms with Gasteiger partial charge < -0.3 is 24.9 Å². The summed E-state index contributed by atoms with van der Waals surface area (Å²) in [6.45, 7) is 4.56. The van der Waals surface area contributed by atoms with Gasteiger partial charge in [-0.25, -0.2) is 4.57 Å². The van der Waals surface area contributed by atoms with Crippen LogP contribution < -0.4 is 5.32 Å². The molecule has 4 N–H and O–H groups in total. The van der Waals surface area contributed by atoms with Gasteiger partial charge in [0, 0.05) is 6.42 Å². The summed E-state index contributed by atoms with van der Waals surface area (Å²) in [6.07, 6.45) is 36.5. The second-order valence-electron chi connectivity index (χ2n) is 16.2. The summed E-state index contributed by atoms with van der Waals surface area (Å²) in [7, 11) is 1.43. The average molecular weight is 774 g/mol. The van der Waals surface area contributed by atoms with Crippen LogP contribution in [-0.2, 0) is 18.4 Å². The largest absolute Gasteiger partial charge is 0.472 e. The first-order chi connectivity index (χ1) is 25.4. The average Bonchev–Trinajstić information content (AvgIpc) is 3.10.